The molecule has 2 aromatic carbocycles. The van der Waals surface area contributed by atoms with Crippen LogP contribution in [0.3, 0.4) is 0 Å². The van der Waals surface area contributed by atoms with E-state index >= 15 is 0 Å². The molecule has 1 aliphatic carbocycles. The zero-order valence-corrected chi connectivity index (χ0v) is 16.4. The van der Waals surface area contributed by atoms with Gasteiger partial charge < -0.3 is 15.4 Å². The molecule has 30 heavy (non-hydrogen) atoms. The number of piperidine rings is 1. The monoisotopic (exact) mass is 406 g/mol. The predicted molar refractivity (Wildman–Crippen MR) is 107 cm³/mol. The molecule has 1 unspecified atom stereocenters. The molecule has 3 aromatic rings. The van der Waals surface area contributed by atoms with E-state index in [0.29, 0.717) is 41.1 Å². The van der Waals surface area contributed by atoms with Crippen molar-refractivity contribution in [2.45, 2.75) is 25.8 Å². The fourth-order valence-electron chi connectivity index (χ4n) is 4.53. The minimum absolute atomic E-state index is 0.0295. The number of rotatable bonds is 4. The zero-order chi connectivity index (χ0) is 20.7. The van der Waals surface area contributed by atoms with E-state index in [-0.39, 0.29) is 23.1 Å². The number of benzene rings is 2. The molecule has 1 atom stereocenters. The molecule has 154 valence electrons. The smallest absolute Gasteiger partial charge is 0.254 e. The number of likely N-dealkylation sites (tertiary alicyclic amines) is 1. The molecular formula is C22H22N4O4. The van der Waals surface area contributed by atoms with Crippen LogP contribution in [0.4, 0.5) is 0 Å². The van der Waals surface area contributed by atoms with Gasteiger partial charge in [0.25, 0.3) is 5.91 Å². The maximum Gasteiger partial charge on any atom is 0.254 e. The maximum absolute atomic E-state index is 12.9. The lowest BCUT2D eigenvalue weighted by atomic mass is 9.90. The van der Waals surface area contributed by atoms with Gasteiger partial charge in [-0.1, -0.05) is 30.3 Å². The molecule has 2 aliphatic rings. The highest BCUT2D eigenvalue weighted by Crippen LogP contribution is 2.59. The normalized spacial score (nSPS) is 19.7. The summed E-state index contributed by atoms with van der Waals surface area (Å²) in [5.74, 6) is 0.0661. The van der Waals surface area contributed by atoms with Gasteiger partial charge in [-0.2, -0.15) is 0 Å². The first kappa shape index (κ1) is 18.6. The first-order valence-electron chi connectivity index (χ1n) is 10.2. The van der Waals surface area contributed by atoms with Crippen molar-refractivity contribution in [2.75, 3.05) is 13.1 Å². The van der Waals surface area contributed by atoms with Crippen molar-refractivity contribution in [3.63, 3.8) is 0 Å². The van der Waals surface area contributed by atoms with Gasteiger partial charge in [-0.25, -0.2) is 0 Å². The van der Waals surface area contributed by atoms with Gasteiger partial charge in [-0.05, 0) is 47.3 Å². The van der Waals surface area contributed by atoms with Crippen molar-refractivity contribution in [3.05, 3.63) is 64.9 Å². The lowest BCUT2D eigenvalue weighted by Crippen LogP contribution is -2.40. The molecule has 8 heteroatoms. The number of carbonyl (C=O) groups is 2. The molecule has 8 nitrogen and oxygen atoms in total. The fraction of sp³-hybridized carbons (Fsp3) is 0.364. The van der Waals surface area contributed by atoms with E-state index < -0.39 is 0 Å². The Morgan fingerprint density at radius 1 is 1.20 bits per heavy atom. The van der Waals surface area contributed by atoms with Crippen molar-refractivity contribution < 1.29 is 19.1 Å². The van der Waals surface area contributed by atoms with Gasteiger partial charge in [-0.15, -0.1) is 0 Å². The fourth-order valence-corrected chi connectivity index (χ4v) is 4.53. The van der Waals surface area contributed by atoms with E-state index in [1.54, 1.807) is 18.2 Å². The Morgan fingerprint density at radius 2 is 1.97 bits per heavy atom. The molecule has 0 radical (unpaired) electrons. The molecule has 2 fully saturated rings. The number of fused-ring (bicyclic) bond motifs is 1. The van der Waals surface area contributed by atoms with Crippen molar-refractivity contribution in [1.82, 2.24) is 15.4 Å². The summed E-state index contributed by atoms with van der Waals surface area (Å²) in [6.07, 6.45) is 2.55. The summed E-state index contributed by atoms with van der Waals surface area (Å²) in [5.41, 5.74) is 2.27. The number of nitrogens with zero attached hydrogens (tertiary/aromatic N) is 3. The summed E-state index contributed by atoms with van der Waals surface area (Å²) in [5, 5.41) is 18.1. The predicted octanol–water partition coefficient (Wildman–Crippen LogP) is 2.02. The molecule has 1 N–H and O–H groups in total. The van der Waals surface area contributed by atoms with Crippen molar-refractivity contribution in [2.24, 2.45) is 11.3 Å². The van der Waals surface area contributed by atoms with E-state index in [9.17, 15) is 14.8 Å². The van der Waals surface area contributed by atoms with Gasteiger partial charge in [0.15, 0.2) is 0 Å². The number of hydrogen-bond donors (Lipinski definition) is 1. The van der Waals surface area contributed by atoms with Crippen LogP contribution in [-0.4, -0.2) is 35.0 Å². The molecule has 2 amide bonds. The summed E-state index contributed by atoms with van der Waals surface area (Å²) in [6, 6.07) is 14.6. The van der Waals surface area contributed by atoms with Gasteiger partial charge >= 0.3 is 0 Å². The lowest BCUT2D eigenvalue weighted by molar-refractivity contribution is -0.782. The van der Waals surface area contributed by atoms with Crippen LogP contribution in [0.2, 0.25) is 0 Å². The topological polar surface area (TPSA) is 102 Å². The molecule has 1 aliphatic heterocycles. The van der Waals surface area contributed by atoms with E-state index in [1.807, 2.05) is 35.2 Å². The van der Waals surface area contributed by atoms with Crippen LogP contribution in [0, 0.1) is 16.5 Å². The van der Waals surface area contributed by atoms with Crippen LogP contribution < -0.4 is 10.2 Å². The van der Waals surface area contributed by atoms with E-state index in [0.717, 1.165) is 24.8 Å². The van der Waals surface area contributed by atoms with E-state index in [4.69, 9.17) is 0 Å². The van der Waals surface area contributed by atoms with E-state index in [1.165, 1.54) is 0 Å². The molecule has 1 aromatic heterocycles. The van der Waals surface area contributed by atoms with Crippen molar-refractivity contribution in [1.29, 1.82) is 0 Å². The number of aromatic nitrogens is 2. The third kappa shape index (κ3) is 3.28. The standard InChI is InChI=1S/C22H22N4O4/c27-20(23-14-15-4-2-1-3-5-15)17-13-22(17)8-10-25(11-9-22)21(28)16-6-7-19-18(12-16)24-30-26(19)29/h1-7,12,17H,8-11,13-14H2,(H,23,27). The highest BCUT2D eigenvalue weighted by molar-refractivity contribution is 5.97. The Morgan fingerprint density at radius 3 is 2.73 bits per heavy atom. The SMILES string of the molecule is O=C(NCc1ccccc1)C1CC12CCN(C(=O)c1ccc3c(c1)no[n+]3[O-])CC2. The lowest BCUT2D eigenvalue weighted by Gasteiger charge is -2.33. The zero-order valence-electron chi connectivity index (χ0n) is 16.4. The number of hydrogen-bond acceptors (Lipinski definition) is 5. The minimum Gasteiger partial charge on any atom is -0.359 e. The Bertz CT molecular complexity index is 1100. The summed E-state index contributed by atoms with van der Waals surface area (Å²) in [7, 11) is 0. The highest BCUT2D eigenvalue weighted by atomic mass is 16.8. The average Bonchev–Trinajstić information content (AvgIpc) is 3.36. The Kier molecular flexibility index (Phi) is 4.42. The second-order valence-corrected chi connectivity index (χ2v) is 8.25. The molecule has 5 rings (SSSR count). The van der Waals surface area contributed by atoms with Crippen LogP contribution in [0.25, 0.3) is 11.0 Å². The van der Waals surface area contributed by atoms with Crippen LogP contribution in [-0.2, 0) is 11.3 Å². The minimum atomic E-state index is -0.0853. The Hall–Kier alpha value is -3.42. The third-order valence-electron chi connectivity index (χ3n) is 6.49. The van der Waals surface area contributed by atoms with Gasteiger partial charge in [0, 0.05) is 42.3 Å². The number of nitrogens with one attached hydrogen (secondary N) is 1. The summed E-state index contributed by atoms with van der Waals surface area (Å²) < 4.78 is 4.56. The third-order valence-corrected chi connectivity index (χ3v) is 6.49. The van der Waals surface area contributed by atoms with Gasteiger partial charge in [0.1, 0.15) is 0 Å². The van der Waals surface area contributed by atoms with Gasteiger partial charge in [-0.3, -0.25) is 14.2 Å². The van der Waals surface area contributed by atoms with Crippen molar-refractivity contribution in [3.8, 4) is 0 Å². The molecule has 1 saturated heterocycles. The second kappa shape index (κ2) is 7.12. The summed E-state index contributed by atoms with van der Waals surface area (Å²) in [4.78, 5) is 27.6. The van der Waals surface area contributed by atoms with Crippen LogP contribution in [0.1, 0.15) is 35.2 Å². The molecule has 1 saturated carbocycles. The average molecular weight is 406 g/mol. The molecule has 2 heterocycles. The molecule has 0 bridgehead atoms. The highest BCUT2D eigenvalue weighted by Gasteiger charge is 2.58. The first-order valence-corrected chi connectivity index (χ1v) is 10.2. The van der Waals surface area contributed by atoms with Crippen LogP contribution in [0.5, 0.6) is 0 Å². The number of amides is 2. The Labute approximate surface area is 173 Å². The van der Waals surface area contributed by atoms with Gasteiger partial charge in [0.05, 0.1) is 0 Å². The maximum atomic E-state index is 12.9. The van der Waals surface area contributed by atoms with Crippen molar-refractivity contribution >= 4 is 22.8 Å². The van der Waals surface area contributed by atoms with Crippen LogP contribution in [0.15, 0.2) is 53.2 Å². The largest absolute Gasteiger partial charge is 0.359 e. The quantitative estimate of drug-likeness (QED) is 0.668. The number of carbonyl (C=O) groups excluding carboxylic acids is 2. The van der Waals surface area contributed by atoms with Gasteiger partial charge in [0.2, 0.25) is 16.9 Å². The first-order chi connectivity index (χ1) is 14.6. The molecule has 1 spiro atoms. The second-order valence-electron chi connectivity index (χ2n) is 8.25. The summed E-state index contributed by atoms with van der Waals surface area (Å²) in [6.45, 7) is 1.80. The van der Waals surface area contributed by atoms with E-state index in [2.05, 4.69) is 15.1 Å². The van der Waals surface area contributed by atoms with Crippen LogP contribution >= 0.6 is 0 Å². The Balaban J connectivity index is 1.17. The molecular weight excluding hydrogens is 384 g/mol. The summed E-state index contributed by atoms with van der Waals surface area (Å²) >= 11 is 0.